The third-order valence-corrected chi connectivity index (χ3v) is 5.39. The molecule has 1 heterocycles. The highest BCUT2D eigenvalue weighted by molar-refractivity contribution is 7.89. The third-order valence-electron chi connectivity index (χ3n) is 3.44. The number of carbonyl (C=O) groups excluding carboxylic acids is 1. The topological polar surface area (TPSA) is 63.7 Å². The lowest BCUT2D eigenvalue weighted by Crippen LogP contribution is -2.47. The normalized spacial score (nSPS) is 20.2. The number of hydrogen-bond acceptors (Lipinski definition) is 4. The second-order valence-electron chi connectivity index (χ2n) is 4.93. The Balaban J connectivity index is 2.33. The molecule has 0 saturated carbocycles. The van der Waals surface area contributed by atoms with E-state index in [-0.39, 0.29) is 23.0 Å². The summed E-state index contributed by atoms with van der Waals surface area (Å²) in [7, 11) is -3.69. The second kappa shape index (κ2) is 5.99. The van der Waals surface area contributed by atoms with Crippen molar-refractivity contribution in [3.8, 4) is 0 Å². The molecule has 0 radical (unpaired) electrons. The van der Waals surface area contributed by atoms with E-state index >= 15 is 0 Å². The molecule has 0 fully saturated rings. The van der Waals surface area contributed by atoms with Crippen molar-refractivity contribution in [3.05, 3.63) is 41.7 Å². The lowest BCUT2D eigenvalue weighted by atomic mass is 10.1. The average molecular weight is 309 g/mol. The van der Waals surface area contributed by atoms with E-state index in [9.17, 15) is 13.2 Å². The summed E-state index contributed by atoms with van der Waals surface area (Å²) < 4.78 is 31.7. The van der Waals surface area contributed by atoms with Crippen molar-refractivity contribution in [1.82, 2.24) is 4.31 Å². The molecular formula is C15H19NO4S. The molecule has 6 heteroatoms. The number of sulfonamides is 1. The zero-order valence-corrected chi connectivity index (χ0v) is 13.2. The van der Waals surface area contributed by atoms with Crippen molar-refractivity contribution >= 4 is 15.8 Å². The van der Waals surface area contributed by atoms with Gasteiger partial charge in [-0.2, -0.15) is 4.31 Å². The van der Waals surface area contributed by atoms with Crippen LogP contribution in [0, 0.1) is 6.92 Å². The van der Waals surface area contributed by atoms with Crippen LogP contribution in [0.5, 0.6) is 0 Å². The van der Waals surface area contributed by atoms with Crippen molar-refractivity contribution < 1.29 is 17.9 Å². The maximum Gasteiger partial charge on any atom is 0.244 e. The predicted octanol–water partition coefficient (Wildman–Crippen LogP) is 1.88. The van der Waals surface area contributed by atoms with Crippen LogP contribution in [0.3, 0.4) is 0 Å². The average Bonchev–Trinajstić information content (AvgIpc) is 2.44. The van der Waals surface area contributed by atoms with Crippen LogP contribution in [-0.2, 0) is 19.6 Å². The van der Waals surface area contributed by atoms with E-state index in [0.717, 1.165) is 5.56 Å². The van der Waals surface area contributed by atoms with Crippen LogP contribution in [0.1, 0.15) is 19.4 Å². The summed E-state index contributed by atoms with van der Waals surface area (Å²) in [6.45, 7) is 5.78. The molecule has 0 aromatic heterocycles. The van der Waals surface area contributed by atoms with Crippen LogP contribution in [0.4, 0.5) is 0 Å². The molecular weight excluding hydrogens is 290 g/mol. The number of aryl methyl sites for hydroxylation is 1. The Bertz CT molecular complexity index is 661. The first-order valence-electron chi connectivity index (χ1n) is 6.83. The first-order valence-corrected chi connectivity index (χ1v) is 8.27. The van der Waals surface area contributed by atoms with Crippen LogP contribution >= 0.6 is 0 Å². The molecule has 0 amide bonds. The lowest BCUT2D eigenvalue weighted by Gasteiger charge is -2.30. The number of ether oxygens (including phenoxy) is 1. The van der Waals surface area contributed by atoms with E-state index < -0.39 is 16.1 Å². The van der Waals surface area contributed by atoms with Crippen LogP contribution in [0.15, 0.2) is 41.0 Å². The first kappa shape index (κ1) is 15.7. The van der Waals surface area contributed by atoms with Gasteiger partial charge in [0.15, 0.2) is 5.76 Å². The molecule has 0 saturated heterocycles. The fraction of sp³-hybridized carbons (Fsp3) is 0.400. The van der Waals surface area contributed by atoms with Gasteiger partial charge in [-0.05, 0) is 39.0 Å². The molecule has 1 aromatic rings. The number of nitrogens with zero attached hydrogens (tertiary/aromatic N) is 1. The maximum atomic E-state index is 12.6. The van der Waals surface area contributed by atoms with Gasteiger partial charge in [-0.3, -0.25) is 4.79 Å². The summed E-state index contributed by atoms with van der Waals surface area (Å²) in [5, 5.41) is 0. The van der Waals surface area contributed by atoms with E-state index in [1.54, 1.807) is 38.1 Å². The summed E-state index contributed by atoms with van der Waals surface area (Å²) >= 11 is 0. The Morgan fingerprint density at radius 1 is 1.29 bits per heavy atom. The number of hydrogen-bond donors (Lipinski definition) is 0. The molecule has 1 unspecified atom stereocenters. The van der Waals surface area contributed by atoms with Crippen molar-refractivity contribution in [2.75, 3.05) is 13.2 Å². The smallest absolute Gasteiger partial charge is 0.244 e. The monoisotopic (exact) mass is 309 g/mol. The van der Waals surface area contributed by atoms with Gasteiger partial charge < -0.3 is 4.74 Å². The number of carbonyl (C=O) groups is 1. The zero-order chi connectivity index (χ0) is 15.6. The molecule has 1 aliphatic heterocycles. The highest BCUT2D eigenvalue weighted by atomic mass is 32.2. The molecule has 2 rings (SSSR count). The number of ketones is 1. The summed E-state index contributed by atoms with van der Waals surface area (Å²) in [5.41, 5.74) is 0.982. The van der Waals surface area contributed by atoms with Gasteiger partial charge in [-0.25, -0.2) is 8.42 Å². The Morgan fingerprint density at radius 2 is 1.90 bits per heavy atom. The number of benzene rings is 1. The minimum Gasteiger partial charge on any atom is -0.490 e. The summed E-state index contributed by atoms with van der Waals surface area (Å²) in [6.07, 6.45) is 1.53. The predicted molar refractivity (Wildman–Crippen MR) is 79.2 cm³/mol. The molecule has 1 aliphatic rings. The minimum atomic E-state index is -3.69. The van der Waals surface area contributed by atoms with Crippen molar-refractivity contribution in [2.45, 2.75) is 31.7 Å². The van der Waals surface area contributed by atoms with Gasteiger partial charge in [-0.15, -0.1) is 0 Å². The van der Waals surface area contributed by atoms with E-state index in [1.807, 2.05) is 6.92 Å². The molecule has 0 aliphatic carbocycles. The van der Waals surface area contributed by atoms with Crippen LogP contribution < -0.4 is 0 Å². The molecule has 0 N–H and O–H groups in total. The fourth-order valence-corrected chi connectivity index (χ4v) is 3.74. The molecule has 5 nitrogen and oxygen atoms in total. The Morgan fingerprint density at radius 3 is 2.48 bits per heavy atom. The molecule has 114 valence electrons. The maximum absolute atomic E-state index is 12.6. The van der Waals surface area contributed by atoms with Crippen molar-refractivity contribution in [2.24, 2.45) is 0 Å². The Hall–Kier alpha value is -1.66. The minimum absolute atomic E-state index is 0.137. The van der Waals surface area contributed by atoms with Crippen LogP contribution in [0.2, 0.25) is 0 Å². The Labute approximate surface area is 125 Å². The van der Waals surface area contributed by atoms with Gasteiger partial charge in [0.1, 0.15) is 0 Å². The second-order valence-corrected chi connectivity index (χ2v) is 6.82. The largest absolute Gasteiger partial charge is 0.490 e. The number of rotatable bonds is 4. The zero-order valence-electron chi connectivity index (χ0n) is 12.4. The van der Waals surface area contributed by atoms with Gasteiger partial charge in [0, 0.05) is 6.54 Å². The summed E-state index contributed by atoms with van der Waals surface area (Å²) in [5.74, 6) is -0.0563. The SMILES string of the molecule is CCOC1=CCN(S(=O)(=O)c2ccc(C)cc2)C(C)C1=O. The standard InChI is InChI=1S/C15H19NO4S/c1-4-20-14-9-10-16(12(3)15(14)17)21(18,19)13-7-5-11(2)6-8-13/h5-9,12H,4,10H2,1-3H3. The highest BCUT2D eigenvalue weighted by Crippen LogP contribution is 2.24. The Kier molecular flexibility index (Phi) is 4.49. The summed E-state index contributed by atoms with van der Waals surface area (Å²) in [6, 6.07) is 5.84. The molecule has 1 atom stereocenters. The summed E-state index contributed by atoms with van der Waals surface area (Å²) in [4.78, 5) is 12.4. The third kappa shape index (κ3) is 3.01. The first-order chi connectivity index (χ1) is 9.87. The molecule has 21 heavy (non-hydrogen) atoms. The molecule has 1 aromatic carbocycles. The van der Waals surface area contributed by atoms with Gasteiger partial charge >= 0.3 is 0 Å². The van der Waals surface area contributed by atoms with E-state index in [2.05, 4.69) is 0 Å². The van der Waals surface area contributed by atoms with Crippen LogP contribution in [0.25, 0.3) is 0 Å². The fourth-order valence-electron chi connectivity index (χ4n) is 2.21. The molecule has 0 bridgehead atoms. The van der Waals surface area contributed by atoms with E-state index in [4.69, 9.17) is 4.74 Å². The highest BCUT2D eigenvalue weighted by Gasteiger charge is 2.37. The van der Waals surface area contributed by atoms with Crippen molar-refractivity contribution in [3.63, 3.8) is 0 Å². The van der Waals surface area contributed by atoms with E-state index in [0.29, 0.717) is 6.61 Å². The van der Waals surface area contributed by atoms with Crippen LogP contribution in [-0.4, -0.2) is 37.7 Å². The van der Waals surface area contributed by atoms with Gasteiger partial charge in [0.2, 0.25) is 15.8 Å². The van der Waals surface area contributed by atoms with Gasteiger partial charge in [0.25, 0.3) is 0 Å². The van der Waals surface area contributed by atoms with Gasteiger partial charge in [-0.1, -0.05) is 17.7 Å². The van der Waals surface area contributed by atoms with Gasteiger partial charge in [0.05, 0.1) is 17.5 Å². The number of Topliss-reactive ketones (excluding diaryl/α,β-unsaturated/α-hetero) is 1. The lowest BCUT2D eigenvalue weighted by molar-refractivity contribution is -0.122. The quantitative estimate of drug-likeness (QED) is 0.852. The van der Waals surface area contributed by atoms with Crippen molar-refractivity contribution in [1.29, 1.82) is 0 Å². The molecule has 0 spiro atoms. The van der Waals surface area contributed by atoms with E-state index in [1.165, 1.54) is 10.4 Å².